The number of carbonyl (C=O) groups excluding carboxylic acids is 1. The lowest BCUT2D eigenvalue weighted by Gasteiger charge is -2.08. The van der Waals surface area contributed by atoms with Crippen LogP contribution in [0.4, 0.5) is 5.69 Å². The molecular formula is C12H8BrN3OS. The van der Waals surface area contributed by atoms with E-state index < -0.39 is 0 Å². The summed E-state index contributed by atoms with van der Waals surface area (Å²) in [6, 6.07) is 5.80. The molecule has 0 unspecified atom stereocenters. The van der Waals surface area contributed by atoms with Gasteiger partial charge in [0.05, 0.1) is 17.0 Å². The number of hydrogen-bond donors (Lipinski definition) is 0. The highest BCUT2D eigenvalue weighted by atomic mass is 79.9. The number of likely N-dealkylation sites (N-methyl/N-ethyl adjacent to an activating group) is 1. The molecule has 0 atom stereocenters. The standard InChI is InChI=1S/C12H8BrN3OS/c1-16-11-3-2-7(13)4-9(11)10(12(16)17)5-8-6-18-15-14-8/h2-6H,1H3/b10-5+. The summed E-state index contributed by atoms with van der Waals surface area (Å²) in [5.74, 6) is -0.0175. The summed E-state index contributed by atoms with van der Waals surface area (Å²) in [7, 11) is 1.77. The molecule has 1 aromatic heterocycles. The molecule has 1 aliphatic rings. The molecule has 2 aromatic rings. The predicted octanol–water partition coefficient (Wildman–Crippen LogP) is 2.82. The van der Waals surface area contributed by atoms with Crippen LogP contribution >= 0.6 is 27.5 Å². The van der Waals surface area contributed by atoms with Gasteiger partial charge in [-0.15, -0.1) is 5.10 Å². The molecule has 1 amide bonds. The highest BCUT2D eigenvalue weighted by Gasteiger charge is 2.29. The van der Waals surface area contributed by atoms with Crippen LogP contribution in [0.2, 0.25) is 0 Å². The van der Waals surface area contributed by atoms with Gasteiger partial charge >= 0.3 is 0 Å². The first kappa shape index (κ1) is 11.6. The SMILES string of the molecule is CN1C(=O)/C(=C/c2csnn2)c2cc(Br)ccc21. The summed E-state index contributed by atoms with van der Waals surface area (Å²) < 4.78 is 4.75. The number of halogens is 1. The average molecular weight is 322 g/mol. The second-order valence-corrected chi connectivity index (χ2v) is 5.44. The minimum absolute atomic E-state index is 0.0175. The molecule has 0 N–H and O–H groups in total. The quantitative estimate of drug-likeness (QED) is 0.759. The smallest absolute Gasteiger partial charge is 0.258 e. The number of carbonyl (C=O) groups is 1. The third kappa shape index (κ3) is 1.77. The number of benzene rings is 1. The molecule has 3 rings (SSSR count). The maximum Gasteiger partial charge on any atom is 0.258 e. The van der Waals surface area contributed by atoms with E-state index >= 15 is 0 Å². The Morgan fingerprint density at radius 2 is 2.28 bits per heavy atom. The van der Waals surface area contributed by atoms with Gasteiger partial charge in [0.2, 0.25) is 0 Å². The third-order valence-electron chi connectivity index (χ3n) is 2.81. The van der Waals surface area contributed by atoms with Crippen molar-refractivity contribution < 1.29 is 4.79 Å². The molecule has 0 saturated heterocycles. The number of hydrogen-bond acceptors (Lipinski definition) is 4. The third-order valence-corrected chi connectivity index (χ3v) is 3.83. The Balaban J connectivity index is 2.18. The first-order valence-corrected chi connectivity index (χ1v) is 6.86. The lowest BCUT2D eigenvalue weighted by atomic mass is 10.1. The molecule has 4 nitrogen and oxygen atoms in total. The molecule has 0 spiro atoms. The number of fused-ring (bicyclic) bond motifs is 1. The minimum Gasteiger partial charge on any atom is -0.311 e. The van der Waals surface area contributed by atoms with E-state index in [4.69, 9.17) is 0 Å². The Hall–Kier alpha value is -1.53. The van der Waals surface area contributed by atoms with E-state index in [0.717, 1.165) is 15.7 Å². The number of nitrogens with zero attached hydrogens (tertiary/aromatic N) is 3. The van der Waals surface area contributed by atoms with E-state index in [1.807, 2.05) is 23.6 Å². The van der Waals surface area contributed by atoms with Crippen LogP contribution in [-0.4, -0.2) is 22.5 Å². The van der Waals surface area contributed by atoms with Gasteiger partial charge in [-0.2, -0.15) is 0 Å². The van der Waals surface area contributed by atoms with Gasteiger partial charge in [-0.1, -0.05) is 20.4 Å². The van der Waals surface area contributed by atoms with Crippen molar-refractivity contribution in [3.8, 4) is 0 Å². The highest BCUT2D eigenvalue weighted by molar-refractivity contribution is 9.10. The fourth-order valence-electron chi connectivity index (χ4n) is 1.94. The van der Waals surface area contributed by atoms with Crippen molar-refractivity contribution in [3.05, 3.63) is 39.3 Å². The van der Waals surface area contributed by atoms with E-state index in [0.29, 0.717) is 11.3 Å². The van der Waals surface area contributed by atoms with Gasteiger partial charge in [-0.3, -0.25) is 4.79 Å². The lowest BCUT2D eigenvalue weighted by molar-refractivity contribution is -0.112. The topological polar surface area (TPSA) is 46.1 Å². The Bertz CT molecular complexity index is 651. The van der Waals surface area contributed by atoms with Crippen LogP contribution < -0.4 is 4.90 Å². The van der Waals surface area contributed by atoms with Crippen molar-refractivity contribution in [1.29, 1.82) is 0 Å². The molecule has 0 fully saturated rings. The van der Waals surface area contributed by atoms with Crippen LogP contribution in [0.3, 0.4) is 0 Å². The molecule has 0 bridgehead atoms. The molecule has 0 radical (unpaired) electrons. The number of amides is 1. The highest BCUT2D eigenvalue weighted by Crippen LogP contribution is 2.38. The van der Waals surface area contributed by atoms with Crippen molar-refractivity contribution in [2.24, 2.45) is 0 Å². The van der Waals surface area contributed by atoms with Crippen LogP contribution in [0.1, 0.15) is 11.3 Å². The maximum absolute atomic E-state index is 12.2. The van der Waals surface area contributed by atoms with E-state index in [1.165, 1.54) is 11.5 Å². The van der Waals surface area contributed by atoms with Gasteiger partial charge < -0.3 is 4.90 Å². The number of rotatable bonds is 1. The van der Waals surface area contributed by atoms with Gasteiger partial charge in [0.1, 0.15) is 0 Å². The Labute approximate surface area is 116 Å². The predicted molar refractivity (Wildman–Crippen MR) is 75.3 cm³/mol. The van der Waals surface area contributed by atoms with Crippen LogP contribution in [0.5, 0.6) is 0 Å². The molecular weight excluding hydrogens is 314 g/mol. The van der Waals surface area contributed by atoms with E-state index in [9.17, 15) is 4.79 Å². The summed E-state index contributed by atoms with van der Waals surface area (Å²) in [5, 5.41) is 5.76. The second kappa shape index (κ2) is 4.29. The van der Waals surface area contributed by atoms with E-state index in [1.54, 1.807) is 18.0 Å². The maximum atomic E-state index is 12.2. The van der Waals surface area contributed by atoms with E-state index in [-0.39, 0.29) is 5.91 Å². The molecule has 18 heavy (non-hydrogen) atoms. The molecule has 0 saturated carbocycles. The van der Waals surface area contributed by atoms with Gasteiger partial charge in [0.25, 0.3) is 5.91 Å². The van der Waals surface area contributed by atoms with Gasteiger partial charge in [0, 0.05) is 22.5 Å². The molecule has 90 valence electrons. The Morgan fingerprint density at radius 1 is 1.44 bits per heavy atom. The zero-order chi connectivity index (χ0) is 12.7. The number of anilines is 1. The van der Waals surface area contributed by atoms with E-state index in [2.05, 4.69) is 25.5 Å². The largest absolute Gasteiger partial charge is 0.311 e. The zero-order valence-electron chi connectivity index (χ0n) is 9.42. The van der Waals surface area contributed by atoms with Crippen LogP contribution in [-0.2, 0) is 4.79 Å². The van der Waals surface area contributed by atoms with Crippen LogP contribution in [0.25, 0.3) is 11.6 Å². The molecule has 2 heterocycles. The van der Waals surface area contributed by atoms with Crippen LogP contribution in [0, 0.1) is 0 Å². The van der Waals surface area contributed by atoms with Gasteiger partial charge in [-0.25, -0.2) is 0 Å². The minimum atomic E-state index is -0.0175. The van der Waals surface area contributed by atoms with Crippen LogP contribution in [0.15, 0.2) is 28.1 Å². The summed E-state index contributed by atoms with van der Waals surface area (Å²) >= 11 is 4.70. The molecule has 1 aliphatic heterocycles. The molecule has 0 aliphatic carbocycles. The fraction of sp³-hybridized carbons (Fsp3) is 0.0833. The summed E-state index contributed by atoms with van der Waals surface area (Å²) in [6.07, 6.45) is 1.78. The number of aromatic nitrogens is 2. The van der Waals surface area contributed by atoms with Gasteiger partial charge in [0.15, 0.2) is 0 Å². The van der Waals surface area contributed by atoms with Gasteiger partial charge in [-0.05, 0) is 35.8 Å². The van der Waals surface area contributed by atoms with Crippen molar-refractivity contribution in [2.45, 2.75) is 0 Å². The van der Waals surface area contributed by atoms with Crippen molar-refractivity contribution >= 4 is 50.7 Å². The zero-order valence-corrected chi connectivity index (χ0v) is 11.8. The summed E-state index contributed by atoms with van der Waals surface area (Å²) in [5.41, 5.74) is 3.20. The second-order valence-electron chi connectivity index (χ2n) is 3.91. The Morgan fingerprint density at radius 3 is 3.00 bits per heavy atom. The van der Waals surface area contributed by atoms with Crippen molar-refractivity contribution in [2.75, 3.05) is 11.9 Å². The fourth-order valence-corrected chi connectivity index (χ4v) is 2.72. The first-order valence-electron chi connectivity index (χ1n) is 5.23. The average Bonchev–Trinajstić information content (AvgIpc) is 2.93. The summed E-state index contributed by atoms with van der Waals surface area (Å²) in [6.45, 7) is 0. The van der Waals surface area contributed by atoms with Crippen molar-refractivity contribution in [3.63, 3.8) is 0 Å². The Kier molecular flexibility index (Phi) is 2.76. The van der Waals surface area contributed by atoms with Crippen molar-refractivity contribution in [1.82, 2.24) is 9.59 Å². The monoisotopic (exact) mass is 321 g/mol. The molecule has 1 aromatic carbocycles. The first-order chi connectivity index (χ1) is 8.66. The summed E-state index contributed by atoms with van der Waals surface area (Å²) in [4.78, 5) is 13.8. The molecule has 6 heteroatoms. The lowest BCUT2D eigenvalue weighted by Crippen LogP contribution is -2.20. The normalized spacial score (nSPS) is 16.4.